The van der Waals surface area contributed by atoms with Crippen LogP contribution in [0, 0.1) is 0 Å². The van der Waals surface area contributed by atoms with Crippen molar-refractivity contribution in [1.82, 2.24) is 15.2 Å². The highest BCUT2D eigenvalue weighted by Gasteiger charge is 2.20. The standard InChI is InChI=1S/C16H17N5OS3/c1-3-11-6-4-5-7-13(11)21(10(2)22)15-18-12(8-23-15)9-24-16-20-19-14(17)25-16/h4-8H,3,9H2,1-2H3,(H2,17,19). The lowest BCUT2D eigenvalue weighted by Gasteiger charge is -2.20. The summed E-state index contributed by atoms with van der Waals surface area (Å²) in [6.07, 6.45) is 0.854. The summed E-state index contributed by atoms with van der Waals surface area (Å²) in [6.45, 7) is 3.64. The molecule has 0 aliphatic heterocycles. The number of aromatic nitrogens is 3. The van der Waals surface area contributed by atoms with E-state index in [-0.39, 0.29) is 5.91 Å². The number of anilines is 3. The third-order valence-corrected chi connectivity index (χ3v) is 6.22. The first kappa shape index (κ1) is 17.8. The monoisotopic (exact) mass is 391 g/mol. The fourth-order valence-electron chi connectivity index (χ4n) is 2.31. The van der Waals surface area contributed by atoms with Gasteiger partial charge in [0.15, 0.2) is 9.47 Å². The van der Waals surface area contributed by atoms with Crippen molar-refractivity contribution in [2.75, 3.05) is 10.6 Å². The van der Waals surface area contributed by atoms with E-state index in [9.17, 15) is 4.79 Å². The van der Waals surface area contributed by atoms with Crippen molar-refractivity contribution in [2.24, 2.45) is 0 Å². The molecule has 0 unspecified atom stereocenters. The number of thioether (sulfide) groups is 1. The van der Waals surface area contributed by atoms with Crippen molar-refractivity contribution in [3.8, 4) is 0 Å². The Labute approximate surface area is 158 Å². The van der Waals surface area contributed by atoms with Crippen molar-refractivity contribution < 1.29 is 4.79 Å². The average molecular weight is 392 g/mol. The van der Waals surface area contributed by atoms with E-state index >= 15 is 0 Å². The van der Waals surface area contributed by atoms with E-state index in [1.165, 1.54) is 34.4 Å². The van der Waals surface area contributed by atoms with Gasteiger partial charge in [0.25, 0.3) is 0 Å². The molecule has 0 aliphatic carbocycles. The van der Waals surface area contributed by atoms with Crippen molar-refractivity contribution in [1.29, 1.82) is 0 Å². The van der Waals surface area contributed by atoms with E-state index in [1.807, 2.05) is 29.6 Å². The molecule has 1 aromatic carbocycles. The molecule has 1 amide bonds. The summed E-state index contributed by atoms with van der Waals surface area (Å²) in [4.78, 5) is 18.6. The molecule has 0 saturated carbocycles. The van der Waals surface area contributed by atoms with Crippen LogP contribution in [-0.2, 0) is 17.0 Å². The van der Waals surface area contributed by atoms with Crippen LogP contribution in [0.5, 0.6) is 0 Å². The van der Waals surface area contributed by atoms with E-state index in [0.29, 0.717) is 16.0 Å². The zero-order valence-electron chi connectivity index (χ0n) is 13.8. The van der Waals surface area contributed by atoms with Gasteiger partial charge in [0.2, 0.25) is 11.0 Å². The number of nitrogens with two attached hydrogens (primary N) is 1. The fraction of sp³-hybridized carbons (Fsp3) is 0.250. The Balaban J connectivity index is 1.81. The minimum Gasteiger partial charge on any atom is -0.374 e. The molecule has 2 N–H and O–H groups in total. The van der Waals surface area contributed by atoms with Gasteiger partial charge >= 0.3 is 0 Å². The Morgan fingerprint density at radius 2 is 2.12 bits per heavy atom. The minimum atomic E-state index is -0.0497. The largest absolute Gasteiger partial charge is 0.374 e. The highest BCUT2D eigenvalue weighted by atomic mass is 32.2. The zero-order valence-corrected chi connectivity index (χ0v) is 16.2. The lowest BCUT2D eigenvalue weighted by molar-refractivity contribution is -0.115. The second kappa shape index (κ2) is 7.94. The molecule has 3 aromatic rings. The summed E-state index contributed by atoms with van der Waals surface area (Å²) < 4.78 is 0.812. The summed E-state index contributed by atoms with van der Waals surface area (Å²) in [7, 11) is 0. The Hall–Kier alpha value is -1.97. The van der Waals surface area contributed by atoms with Crippen LogP contribution >= 0.6 is 34.4 Å². The predicted molar refractivity (Wildman–Crippen MR) is 105 cm³/mol. The Kier molecular flexibility index (Phi) is 5.67. The average Bonchev–Trinajstić information content (AvgIpc) is 3.22. The van der Waals surface area contributed by atoms with Crippen LogP contribution in [0.4, 0.5) is 16.0 Å². The smallest absolute Gasteiger partial charge is 0.230 e. The summed E-state index contributed by atoms with van der Waals surface area (Å²) in [5.74, 6) is 0.609. The molecule has 0 radical (unpaired) electrons. The molecule has 9 heteroatoms. The summed E-state index contributed by atoms with van der Waals surface area (Å²) in [5, 5.41) is 10.9. The number of amides is 1. The highest BCUT2D eigenvalue weighted by molar-refractivity contribution is 8.00. The number of aryl methyl sites for hydroxylation is 1. The molecule has 3 rings (SSSR count). The number of para-hydroxylation sites is 1. The fourth-order valence-corrected chi connectivity index (χ4v) is 4.83. The van der Waals surface area contributed by atoms with Gasteiger partial charge in [-0.2, -0.15) is 0 Å². The quantitative estimate of drug-likeness (QED) is 0.636. The first-order valence-corrected chi connectivity index (χ1v) is 10.3. The first-order valence-electron chi connectivity index (χ1n) is 7.63. The first-order chi connectivity index (χ1) is 12.1. The van der Waals surface area contributed by atoms with Crippen LogP contribution in [0.3, 0.4) is 0 Å². The van der Waals surface area contributed by atoms with Crippen molar-refractivity contribution in [3.05, 3.63) is 40.9 Å². The second-order valence-corrected chi connectivity index (χ2v) is 8.22. The molecule has 0 saturated heterocycles. The molecule has 0 fully saturated rings. The molecule has 0 aliphatic rings. The van der Waals surface area contributed by atoms with E-state index in [1.54, 1.807) is 11.8 Å². The van der Waals surface area contributed by atoms with Gasteiger partial charge in [-0.15, -0.1) is 21.5 Å². The number of hydrogen-bond acceptors (Lipinski definition) is 8. The van der Waals surface area contributed by atoms with Gasteiger partial charge in [0, 0.05) is 18.1 Å². The van der Waals surface area contributed by atoms with E-state index < -0.39 is 0 Å². The molecule has 0 bridgehead atoms. The Morgan fingerprint density at radius 1 is 1.32 bits per heavy atom. The normalized spacial score (nSPS) is 10.8. The molecular weight excluding hydrogens is 374 g/mol. The maximum absolute atomic E-state index is 12.3. The van der Waals surface area contributed by atoms with E-state index in [4.69, 9.17) is 5.73 Å². The van der Waals surface area contributed by atoms with Gasteiger partial charge < -0.3 is 5.73 Å². The van der Waals surface area contributed by atoms with Gasteiger partial charge in [0.1, 0.15) is 0 Å². The van der Waals surface area contributed by atoms with Crippen LogP contribution in [0.1, 0.15) is 25.1 Å². The summed E-state index contributed by atoms with van der Waals surface area (Å²) >= 11 is 4.36. The molecular formula is C16H17N5OS3. The molecule has 2 heterocycles. The number of thiazole rings is 1. The Bertz CT molecular complexity index is 876. The summed E-state index contributed by atoms with van der Waals surface area (Å²) in [5.41, 5.74) is 8.50. The van der Waals surface area contributed by atoms with Crippen molar-refractivity contribution in [3.63, 3.8) is 0 Å². The second-order valence-electron chi connectivity index (χ2n) is 5.15. The Morgan fingerprint density at radius 3 is 2.80 bits per heavy atom. The predicted octanol–water partition coefficient (Wildman–Crippen LogP) is 4.12. The number of carbonyl (C=O) groups excluding carboxylic acids is 1. The molecule has 25 heavy (non-hydrogen) atoms. The third kappa shape index (κ3) is 4.17. The van der Waals surface area contributed by atoms with Gasteiger partial charge in [0.05, 0.1) is 11.4 Å². The summed E-state index contributed by atoms with van der Waals surface area (Å²) in [6, 6.07) is 7.92. The number of benzene rings is 1. The molecule has 2 aromatic heterocycles. The van der Waals surface area contributed by atoms with Crippen LogP contribution < -0.4 is 10.6 Å². The van der Waals surface area contributed by atoms with Crippen molar-refractivity contribution >= 4 is 56.3 Å². The lowest BCUT2D eigenvalue weighted by atomic mass is 10.1. The number of rotatable bonds is 6. The maximum Gasteiger partial charge on any atom is 0.230 e. The van der Waals surface area contributed by atoms with Crippen molar-refractivity contribution in [2.45, 2.75) is 30.4 Å². The van der Waals surface area contributed by atoms with Crippen LogP contribution in [-0.4, -0.2) is 21.1 Å². The van der Waals surface area contributed by atoms with E-state index in [0.717, 1.165) is 27.7 Å². The van der Waals surface area contributed by atoms with E-state index in [2.05, 4.69) is 22.1 Å². The van der Waals surface area contributed by atoms with Crippen LogP contribution in [0.25, 0.3) is 0 Å². The SMILES string of the molecule is CCc1ccccc1N(C(C)=O)c1nc(CSc2nnc(N)s2)cs1. The number of nitrogens with zero attached hydrogens (tertiary/aromatic N) is 4. The lowest BCUT2D eigenvalue weighted by Crippen LogP contribution is -2.23. The molecule has 6 nitrogen and oxygen atoms in total. The molecule has 130 valence electrons. The number of carbonyl (C=O) groups is 1. The van der Waals surface area contributed by atoms with Gasteiger partial charge in [-0.1, -0.05) is 48.2 Å². The topological polar surface area (TPSA) is 85.0 Å². The third-order valence-electron chi connectivity index (χ3n) is 3.42. The zero-order chi connectivity index (χ0) is 17.8. The molecule has 0 atom stereocenters. The number of nitrogen functional groups attached to an aromatic ring is 1. The van der Waals surface area contributed by atoms with Crippen LogP contribution in [0.2, 0.25) is 0 Å². The minimum absolute atomic E-state index is 0.0497. The van der Waals surface area contributed by atoms with Gasteiger partial charge in [-0.05, 0) is 18.1 Å². The molecule has 0 spiro atoms. The number of hydrogen-bond donors (Lipinski definition) is 1. The van der Waals surface area contributed by atoms with Gasteiger partial charge in [-0.25, -0.2) is 4.98 Å². The van der Waals surface area contributed by atoms with Crippen LogP contribution in [0.15, 0.2) is 34.0 Å². The van der Waals surface area contributed by atoms with Gasteiger partial charge in [-0.3, -0.25) is 9.69 Å². The maximum atomic E-state index is 12.3. The highest BCUT2D eigenvalue weighted by Crippen LogP contribution is 2.33.